The van der Waals surface area contributed by atoms with Gasteiger partial charge in [0.1, 0.15) is 12.2 Å². The molecule has 0 saturated carbocycles. The zero-order valence-electron chi connectivity index (χ0n) is 14.2. The number of carbonyl (C=O) groups excluding carboxylic acids is 1. The Morgan fingerprint density at radius 2 is 2.08 bits per heavy atom. The van der Waals surface area contributed by atoms with Crippen LogP contribution in [0.1, 0.15) is 25.2 Å². The number of carbonyl (C=O) groups is 2. The van der Waals surface area contributed by atoms with Gasteiger partial charge in [-0.25, -0.2) is 9.78 Å². The van der Waals surface area contributed by atoms with E-state index < -0.39 is 12.0 Å². The molecule has 3 N–H and O–H groups in total. The molecular weight excluding hydrogens is 344 g/mol. The molecule has 0 aliphatic heterocycles. The first-order valence-corrected chi connectivity index (χ1v) is 8.46. The van der Waals surface area contributed by atoms with Gasteiger partial charge in [0, 0.05) is 11.5 Å². The molecule has 0 unspecified atom stereocenters. The van der Waals surface area contributed by atoms with Crippen LogP contribution in [-0.2, 0) is 11.2 Å². The molecule has 0 radical (unpaired) electrons. The fraction of sp³-hybridized carbons (Fsp3) is 0.375. The first-order chi connectivity index (χ1) is 11.8. The zero-order chi connectivity index (χ0) is 18.4. The Balaban J connectivity index is 2.02. The summed E-state index contributed by atoms with van der Waals surface area (Å²) in [5, 5.41) is 14.2. The molecule has 1 aromatic carbocycles. The molecule has 0 bridgehead atoms. The summed E-state index contributed by atoms with van der Waals surface area (Å²) < 4.78 is 9.62. The number of nitrogens with zero attached hydrogens (tertiary/aromatic N) is 2. The van der Waals surface area contributed by atoms with Crippen molar-refractivity contribution in [1.29, 1.82) is 0 Å². The molecule has 1 aromatic heterocycles. The molecule has 0 atom stereocenters. The van der Waals surface area contributed by atoms with E-state index in [-0.39, 0.29) is 17.4 Å². The van der Waals surface area contributed by atoms with Gasteiger partial charge in [0.2, 0.25) is 5.13 Å². The quantitative estimate of drug-likeness (QED) is 0.695. The summed E-state index contributed by atoms with van der Waals surface area (Å²) in [6, 6.07) is 4.98. The maximum atomic E-state index is 12.1. The first kappa shape index (κ1) is 18.7. The van der Waals surface area contributed by atoms with Crippen molar-refractivity contribution in [2.24, 2.45) is 5.92 Å². The molecule has 8 nitrogen and oxygen atoms in total. The number of amides is 2. The molecule has 2 aromatic rings. The molecule has 2 rings (SSSR count). The number of benzene rings is 1. The summed E-state index contributed by atoms with van der Waals surface area (Å²) >= 11 is 0.924. The number of hydrogen-bond acceptors (Lipinski definition) is 6. The summed E-state index contributed by atoms with van der Waals surface area (Å²) in [5.41, 5.74) is 1.56. The Morgan fingerprint density at radius 3 is 2.76 bits per heavy atom. The van der Waals surface area contributed by atoms with Gasteiger partial charge in [-0.2, -0.15) is 4.37 Å². The molecule has 0 aliphatic rings. The minimum Gasteiger partial charge on any atom is -0.491 e. The SMILES string of the molecule is Cc1ccc(NC(=O)Nc2nc(CC(=O)O)ns2)c(OCC(C)C)c1. The van der Waals surface area contributed by atoms with Gasteiger partial charge in [0.15, 0.2) is 5.82 Å². The van der Waals surface area contributed by atoms with Crippen molar-refractivity contribution in [3.63, 3.8) is 0 Å². The lowest BCUT2D eigenvalue weighted by molar-refractivity contribution is -0.136. The molecule has 2 amide bonds. The van der Waals surface area contributed by atoms with E-state index in [1.54, 1.807) is 6.07 Å². The second kappa shape index (κ2) is 8.43. The predicted octanol–water partition coefficient (Wildman–Crippen LogP) is 3.15. The molecule has 1 heterocycles. The lowest BCUT2D eigenvalue weighted by atomic mass is 10.2. The van der Waals surface area contributed by atoms with Crippen LogP contribution in [0, 0.1) is 12.8 Å². The second-order valence-electron chi connectivity index (χ2n) is 5.87. The van der Waals surface area contributed by atoms with Gasteiger partial charge >= 0.3 is 12.0 Å². The van der Waals surface area contributed by atoms with Crippen molar-refractivity contribution >= 4 is 34.4 Å². The molecule has 0 saturated heterocycles. The van der Waals surface area contributed by atoms with Gasteiger partial charge in [-0.15, -0.1) is 0 Å². The molecule has 0 spiro atoms. The van der Waals surface area contributed by atoms with E-state index in [4.69, 9.17) is 9.84 Å². The standard InChI is InChI=1S/C16H20N4O4S/c1-9(2)8-24-12-6-10(3)4-5-11(12)17-15(23)19-16-18-13(20-25-16)7-14(21)22/h4-6,9H,7-8H2,1-3H3,(H,21,22)(H2,17,18,19,20,23). The second-order valence-corrected chi connectivity index (χ2v) is 6.62. The van der Waals surface area contributed by atoms with Crippen molar-refractivity contribution in [3.8, 4) is 5.75 Å². The largest absolute Gasteiger partial charge is 0.491 e. The number of anilines is 2. The first-order valence-electron chi connectivity index (χ1n) is 7.69. The number of aliphatic carboxylic acids is 1. The predicted molar refractivity (Wildman–Crippen MR) is 95.4 cm³/mol. The number of nitrogens with one attached hydrogen (secondary N) is 2. The van der Waals surface area contributed by atoms with Crippen LogP contribution >= 0.6 is 11.5 Å². The molecular formula is C16H20N4O4S. The number of hydrogen-bond donors (Lipinski definition) is 3. The van der Waals surface area contributed by atoms with E-state index in [0.717, 1.165) is 17.1 Å². The summed E-state index contributed by atoms with van der Waals surface area (Å²) in [6.45, 7) is 6.56. The smallest absolute Gasteiger partial charge is 0.325 e. The number of urea groups is 1. The summed E-state index contributed by atoms with van der Waals surface area (Å²) in [6.07, 6.45) is -0.287. The van der Waals surface area contributed by atoms with Crippen LogP contribution in [0.4, 0.5) is 15.6 Å². The van der Waals surface area contributed by atoms with E-state index in [1.807, 2.05) is 32.9 Å². The fourth-order valence-electron chi connectivity index (χ4n) is 1.87. The van der Waals surface area contributed by atoms with Gasteiger partial charge in [-0.3, -0.25) is 10.1 Å². The minimum atomic E-state index is -1.03. The van der Waals surface area contributed by atoms with Crippen LogP contribution in [0.15, 0.2) is 18.2 Å². The van der Waals surface area contributed by atoms with Crippen LogP contribution in [0.25, 0.3) is 0 Å². The number of ether oxygens (including phenoxy) is 1. The molecule has 25 heavy (non-hydrogen) atoms. The maximum Gasteiger partial charge on any atom is 0.325 e. The maximum absolute atomic E-state index is 12.1. The van der Waals surface area contributed by atoms with E-state index in [1.165, 1.54) is 0 Å². The molecule has 0 fully saturated rings. The Hall–Kier alpha value is -2.68. The zero-order valence-corrected chi connectivity index (χ0v) is 15.0. The average Bonchev–Trinajstić information content (AvgIpc) is 2.93. The minimum absolute atomic E-state index is 0.157. The summed E-state index contributed by atoms with van der Waals surface area (Å²) in [5.74, 6) is 0.0772. The Morgan fingerprint density at radius 1 is 1.32 bits per heavy atom. The average molecular weight is 364 g/mol. The third-order valence-electron chi connectivity index (χ3n) is 2.96. The van der Waals surface area contributed by atoms with Gasteiger partial charge in [0.05, 0.1) is 12.3 Å². The highest BCUT2D eigenvalue weighted by Gasteiger charge is 2.13. The third kappa shape index (κ3) is 6.03. The highest BCUT2D eigenvalue weighted by atomic mass is 32.1. The van der Waals surface area contributed by atoms with Crippen molar-refractivity contribution in [1.82, 2.24) is 9.36 Å². The third-order valence-corrected chi connectivity index (χ3v) is 3.62. The van der Waals surface area contributed by atoms with Crippen LogP contribution in [0.2, 0.25) is 0 Å². The van der Waals surface area contributed by atoms with Crippen molar-refractivity contribution in [2.45, 2.75) is 27.2 Å². The Kier molecular flexibility index (Phi) is 6.29. The molecule has 0 aliphatic carbocycles. The Labute approximate surface area is 149 Å². The number of aryl methyl sites for hydroxylation is 1. The van der Waals surface area contributed by atoms with Gasteiger partial charge in [-0.1, -0.05) is 19.9 Å². The van der Waals surface area contributed by atoms with E-state index >= 15 is 0 Å². The van der Waals surface area contributed by atoms with Crippen molar-refractivity contribution < 1.29 is 19.4 Å². The van der Waals surface area contributed by atoms with Crippen LogP contribution in [-0.4, -0.2) is 33.1 Å². The van der Waals surface area contributed by atoms with E-state index in [2.05, 4.69) is 20.0 Å². The van der Waals surface area contributed by atoms with Gasteiger partial charge < -0.3 is 15.2 Å². The lowest BCUT2D eigenvalue weighted by Crippen LogP contribution is -2.20. The topological polar surface area (TPSA) is 113 Å². The monoisotopic (exact) mass is 364 g/mol. The van der Waals surface area contributed by atoms with Crippen LogP contribution < -0.4 is 15.4 Å². The number of carboxylic acids is 1. The molecule has 134 valence electrons. The summed E-state index contributed by atoms with van der Waals surface area (Å²) in [7, 11) is 0. The van der Waals surface area contributed by atoms with E-state index in [0.29, 0.717) is 24.0 Å². The van der Waals surface area contributed by atoms with Gasteiger partial charge in [-0.05, 0) is 30.5 Å². The lowest BCUT2D eigenvalue weighted by Gasteiger charge is -2.14. The summed E-state index contributed by atoms with van der Waals surface area (Å²) in [4.78, 5) is 26.7. The van der Waals surface area contributed by atoms with Crippen LogP contribution in [0.3, 0.4) is 0 Å². The fourth-order valence-corrected chi connectivity index (χ4v) is 2.45. The van der Waals surface area contributed by atoms with Crippen LogP contribution in [0.5, 0.6) is 5.75 Å². The highest BCUT2D eigenvalue weighted by Crippen LogP contribution is 2.26. The van der Waals surface area contributed by atoms with Crippen molar-refractivity contribution in [3.05, 3.63) is 29.6 Å². The Bertz CT molecular complexity index is 760. The molecule has 9 heteroatoms. The van der Waals surface area contributed by atoms with Crippen molar-refractivity contribution in [2.75, 3.05) is 17.2 Å². The number of carboxylic acid groups (broad SMARTS) is 1. The van der Waals surface area contributed by atoms with E-state index in [9.17, 15) is 9.59 Å². The van der Waals surface area contributed by atoms with Gasteiger partial charge in [0.25, 0.3) is 0 Å². The number of aromatic nitrogens is 2. The normalized spacial score (nSPS) is 10.6. The highest BCUT2D eigenvalue weighted by molar-refractivity contribution is 7.09. The number of rotatable bonds is 7.